The number of hydrogen-bond acceptors (Lipinski definition) is 7. The van der Waals surface area contributed by atoms with Gasteiger partial charge in [0.05, 0.1) is 16.9 Å². The minimum absolute atomic E-state index is 0.224. The minimum atomic E-state index is 0.224. The van der Waals surface area contributed by atoms with Crippen LogP contribution in [0.25, 0.3) is 5.69 Å². The average molecular weight is 319 g/mol. The summed E-state index contributed by atoms with van der Waals surface area (Å²) >= 11 is 3.28. The van der Waals surface area contributed by atoms with E-state index in [0.717, 1.165) is 28.7 Å². The number of nitrogens with zero attached hydrogens (tertiary/aromatic N) is 5. The van der Waals surface area contributed by atoms with Gasteiger partial charge in [0.15, 0.2) is 0 Å². The van der Waals surface area contributed by atoms with Crippen molar-refractivity contribution < 1.29 is 5.11 Å². The Bertz CT molecular complexity index is 722. The van der Waals surface area contributed by atoms with Crippen LogP contribution in [0.3, 0.4) is 0 Å². The SMILES string of the molecule is Cc1ncsc1CCSc1nnnn1-c1ccc(O)cc1. The molecule has 2 heterocycles. The number of hydrogen-bond donors (Lipinski definition) is 1. The van der Waals surface area contributed by atoms with Crippen molar-refractivity contribution in [2.24, 2.45) is 0 Å². The maximum atomic E-state index is 9.33. The van der Waals surface area contributed by atoms with Crippen molar-refractivity contribution >= 4 is 23.1 Å². The second kappa shape index (κ2) is 6.23. The molecule has 108 valence electrons. The maximum absolute atomic E-state index is 9.33. The van der Waals surface area contributed by atoms with E-state index >= 15 is 0 Å². The average Bonchev–Trinajstić information content (AvgIpc) is 3.10. The van der Waals surface area contributed by atoms with E-state index in [1.807, 2.05) is 12.4 Å². The van der Waals surface area contributed by atoms with Crippen LogP contribution in [0.1, 0.15) is 10.6 Å². The molecule has 6 nitrogen and oxygen atoms in total. The number of tetrazole rings is 1. The Balaban J connectivity index is 1.68. The third-order valence-electron chi connectivity index (χ3n) is 2.94. The lowest BCUT2D eigenvalue weighted by Crippen LogP contribution is -1.99. The molecule has 0 bridgehead atoms. The highest BCUT2D eigenvalue weighted by Gasteiger charge is 2.10. The van der Waals surface area contributed by atoms with E-state index in [2.05, 4.69) is 20.5 Å². The van der Waals surface area contributed by atoms with Gasteiger partial charge in [0.2, 0.25) is 5.16 Å². The number of aromatic hydroxyl groups is 1. The quantitative estimate of drug-likeness (QED) is 0.728. The number of benzene rings is 1. The van der Waals surface area contributed by atoms with Gasteiger partial charge in [-0.2, -0.15) is 4.68 Å². The van der Waals surface area contributed by atoms with E-state index < -0.39 is 0 Å². The molecule has 0 fully saturated rings. The van der Waals surface area contributed by atoms with Crippen molar-refractivity contribution in [2.75, 3.05) is 5.75 Å². The number of phenols is 1. The van der Waals surface area contributed by atoms with Crippen LogP contribution in [-0.2, 0) is 6.42 Å². The summed E-state index contributed by atoms with van der Waals surface area (Å²) in [6.45, 7) is 2.02. The number of phenolic OH excluding ortho intramolecular Hbond substituents is 1. The van der Waals surface area contributed by atoms with Gasteiger partial charge >= 0.3 is 0 Å². The summed E-state index contributed by atoms with van der Waals surface area (Å²) in [4.78, 5) is 5.54. The first kappa shape index (κ1) is 14.0. The van der Waals surface area contributed by atoms with Crippen molar-refractivity contribution in [1.29, 1.82) is 0 Å². The molecule has 0 saturated carbocycles. The van der Waals surface area contributed by atoms with Gasteiger partial charge in [0.1, 0.15) is 5.75 Å². The summed E-state index contributed by atoms with van der Waals surface area (Å²) in [7, 11) is 0. The molecule has 2 aromatic heterocycles. The Labute approximate surface area is 129 Å². The molecule has 0 saturated heterocycles. The smallest absolute Gasteiger partial charge is 0.214 e. The fourth-order valence-corrected chi connectivity index (χ4v) is 3.58. The molecule has 0 aliphatic rings. The van der Waals surface area contributed by atoms with Crippen molar-refractivity contribution in [3.63, 3.8) is 0 Å². The van der Waals surface area contributed by atoms with Crippen LogP contribution in [0.15, 0.2) is 34.9 Å². The van der Waals surface area contributed by atoms with E-state index in [0.29, 0.717) is 0 Å². The fourth-order valence-electron chi connectivity index (χ4n) is 1.83. The summed E-state index contributed by atoms with van der Waals surface area (Å²) in [6, 6.07) is 6.80. The van der Waals surface area contributed by atoms with Crippen molar-refractivity contribution in [2.45, 2.75) is 18.5 Å². The predicted octanol–water partition coefficient (Wildman–Crippen LogP) is 2.47. The summed E-state index contributed by atoms with van der Waals surface area (Å²) < 4.78 is 1.67. The van der Waals surface area contributed by atoms with Gasteiger partial charge in [-0.15, -0.1) is 16.4 Å². The van der Waals surface area contributed by atoms with Crippen molar-refractivity contribution in [3.05, 3.63) is 40.3 Å². The van der Waals surface area contributed by atoms with Crippen LogP contribution in [0.4, 0.5) is 0 Å². The van der Waals surface area contributed by atoms with Gasteiger partial charge in [-0.05, 0) is 48.0 Å². The standard InChI is InChI=1S/C13H13N5OS2/c1-9-12(21-8-14-9)6-7-20-13-15-16-17-18(13)10-2-4-11(19)5-3-10/h2-5,8,19H,6-7H2,1H3. The van der Waals surface area contributed by atoms with Crippen LogP contribution in [0.2, 0.25) is 0 Å². The van der Waals surface area contributed by atoms with Gasteiger partial charge in [-0.1, -0.05) is 11.8 Å². The molecule has 0 aliphatic carbocycles. The van der Waals surface area contributed by atoms with E-state index in [-0.39, 0.29) is 5.75 Å². The van der Waals surface area contributed by atoms with E-state index in [4.69, 9.17) is 0 Å². The van der Waals surface area contributed by atoms with Gasteiger partial charge in [0.25, 0.3) is 0 Å². The second-order valence-corrected chi connectivity index (χ2v) is 6.35. The number of aromatic nitrogens is 5. The third-order valence-corrected chi connectivity index (χ3v) is 4.86. The lowest BCUT2D eigenvalue weighted by atomic mass is 10.3. The first-order valence-electron chi connectivity index (χ1n) is 6.33. The van der Waals surface area contributed by atoms with Gasteiger partial charge < -0.3 is 5.11 Å². The Hall–Kier alpha value is -1.93. The molecule has 0 amide bonds. The monoisotopic (exact) mass is 319 g/mol. The van der Waals surface area contributed by atoms with Crippen LogP contribution in [0, 0.1) is 6.92 Å². The van der Waals surface area contributed by atoms with Crippen LogP contribution >= 0.6 is 23.1 Å². The minimum Gasteiger partial charge on any atom is -0.508 e. The highest BCUT2D eigenvalue weighted by atomic mass is 32.2. The van der Waals surface area contributed by atoms with E-state index in [1.54, 1.807) is 52.0 Å². The third kappa shape index (κ3) is 3.22. The zero-order valence-electron chi connectivity index (χ0n) is 11.3. The number of rotatable bonds is 5. The molecule has 3 rings (SSSR count). The fraction of sp³-hybridized carbons (Fsp3) is 0.231. The zero-order valence-corrected chi connectivity index (χ0v) is 12.9. The predicted molar refractivity (Wildman–Crippen MR) is 82.1 cm³/mol. The molecule has 0 aliphatic heterocycles. The topological polar surface area (TPSA) is 76.7 Å². The van der Waals surface area contributed by atoms with Crippen molar-refractivity contribution in [1.82, 2.24) is 25.2 Å². The van der Waals surface area contributed by atoms with Crippen LogP contribution < -0.4 is 0 Å². The summed E-state index contributed by atoms with van der Waals surface area (Å²) in [5, 5.41) is 21.8. The van der Waals surface area contributed by atoms with E-state index in [9.17, 15) is 5.11 Å². The zero-order chi connectivity index (χ0) is 14.7. The number of thiazole rings is 1. The highest BCUT2D eigenvalue weighted by molar-refractivity contribution is 7.99. The number of aryl methyl sites for hydroxylation is 2. The summed E-state index contributed by atoms with van der Waals surface area (Å²) in [5.74, 6) is 1.11. The molecule has 0 atom stereocenters. The Morgan fingerprint density at radius 3 is 2.81 bits per heavy atom. The molecule has 21 heavy (non-hydrogen) atoms. The molecule has 0 unspecified atom stereocenters. The van der Waals surface area contributed by atoms with Crippen molar-refractivity contribution in [3.8, 4) is 11.4 Å². The van der Waals surface area contributed by atoms with Gasteiger partial charge in [-0.3, -0.25) is 0 Å². The molecule has 1 aromatic carbocycles. The molecule has 0 radical (unpaired) electrons. The summed E-state index contributed by atoms with van der Waals surface area (Å²) in [5.41, 5.74) is 3.79. The molecular formula is C13H13N5OS2. The van der Waals surface area contributed by atoms with Crippen LogP contribution in [0.5, 0.6) is 5.75 Å². The lowest BCUT2D eigenvalue weighted by molar-refractivity contribution is 0.475. The highest BCUT2D eigenvalue weighted by Crippen LogP contribution is 2.22. The van der Waals surface area contributed by atoms with E-state index in [1.165, 1.54) is 4.88 Å². The van der Waals surface area contributed by atoms with Gasteiger partial charge in [0, 0.05) is 10.6 Å². The second-order valence-electron chi connectivity index (χ2n) is 4.35. The molecule has 1 N–H and O–H groups in total. The molecular weight excluding hydrogens is 306 g/mol. The first-order chi connectivity index (χ1) is 10.2. The molecule has 0 spiro atoms. The first-order valence-corrected chi connectivity index (χ1v) is 8.20. The number of thioether (sulfide) groups is 1. The molecule has 8 heteroatoms. The van der Waals surface area contributed by atoms with Gasteiger partial charge in [-0.25, -0.2) is 4.98 Å². The molecule has 3 aromatic rings. The van der Waals surface area contributed by atoms with Crippen LogP contribution in [-0.4, -0.2) is 36.1 Å². The Morgan fingerprint density at radius 2 is 2.10 bits per heavy atom. The maximum Gasteiger partial charge on any atom is 0.214 e. The lowest BCUT2D eigenvalue weighted by Gasteiger charge is -2.04. The Kier molecular flexibility index (Phi) is 4.16. The Morgan fingerprint density at radius 1 is 1.29 bits per heavy atom. The largest absolute Gasteiger partial charge is 0.508 e. The summed E-state index contributed by atoms with van der Waals surface area (Å²) in [6.07, 6.45) is 0.948. The normalized spacial score (nSPS) is 10.9.